The van der Waals surface area contributed by atoms with E-state index in [1.54, 1.807) is 18.2 Å². The Morgan fingerprint density at radius 1 is 1.33 bits per heavy atom. The molecule has 0 unspecified atom stereocenters. The molecule has 1 rings (SSSR count). The molecule has 21 heavy (non-hydrogen) atoms. The number of benzene rings is 1. The van der Waals surface area contributed by atoms with Crippen molar-refractivity contribution in [1.82, 2.24) is 4.90 Å². The summed E-state index contributed by atoms with van der Waals surface area (Å²) in [5, 5.41) is 8.99. The van der Waals surface area contributed by atoms with Crippen LogP contribution in [0.1, 0.15) is 18.9 Å². The number of hydrogen-bond donors (Lipinski definition) is 2. The van der Waals surface area contributed by atoms with E-state index in [-0.39, 0.29) is 22.2 Å². The summed E-state index contributed by atoms with van der Waals surface area (Å²) in [6.07, 6.45) is 0.914. The molecule has 0 saturated heterocycles. The largest absolute Gasteiger partial charge is 0.395 e. The Morgan fingerprint density at radius 2 is 2.05 bits per heavy atom. The number of hydrogen-bond acceptors (Lipinski definition) is 5. The maximum atomic E-state index is 12.3. The van der Waals surface area contributed by atoms with Gasteiger partial charge in [-0.15, -0.1) is 0 Å². The normalized spacial score (nSPS) is 11.8. The highest BCUT2D eigenvalue weighted by atomic mass is 32.2. The van der Waals surface area contributed by atoms with E-state index in [0.29, 0.717) is 18.7 Å². The first kappa shape index (κ1) is 18.0. The van der Waals surface area contributed by atoms with Gasteiger partial charge in [-0.1, -0.05) is 31.3 Å². The van der Waals surface area contributed by atoms with Gasteiger partial charge in [-0.3, -0.25) is 0 Å². The molecule has 7 heteroatoms. The van der Waals surface area contributed by atoms with Crippen molar-refractivity contribution in [2.24, 2.45) is 5.73 Å². The number of sulfone groups is 1. The predicted octanol–water partition coefficient (Wildman–Crippen LogP) is 0.799. The van der Waals surface area contributed by atoms with E-state index in [9.17, 15) is 8.42 Å². The van der Waals surface area contributed by atoms with Crippen LogP contribution in [0.4, 0.5) is 0 Å². The van der Waals surface area contributed by atoms with Gasteiger partial charge in [0.05, 0.1) is 17.3 Å². The lowest BCUT2D eigenvalue weighted by Crippen LogP contribution is -2.32. The van der Waals surface area contributed by atoms with Crippen molar-refractivity contribution in [2.45, 2.75) is 18.2 Å². The number of rotatable bonds is 9. The van der Waals surface area contributed by atoms with Crippen LogP contribution in [-0.4, -0.2) is 55.4 Å². The molecule has 0 atom stereocenters. The van der Waals surface area contributed by atoms with Crippen LogP contribution in [0.2, 0.25) is 0 Å². The van der Waals surface area contributed by atoms with Crippen LogP contribution in [-0.2, 0) is 9.84 Å². The first-order chi connectivity index (χ1) is 9.90. The monoisotopic (exact) mass is 330 g/mol. The second-order valence-electron chi connectivity index (χ2n) is 4.78. The molecule has 0 aliphatic rings. The minimum atomic E-state index is -3.39. The second-order valence-corrected chi connectivity index (χ2v) is 7.33. The number of aliphatic hydroxyl groups excluding tert-OH is 1. The summed E-state index contributed by atoms with van der Waals surface area (Å²) in [4.78, 5) is 2.35. The zero-order valence-electron chi connectivity index (χ0n) is 12.2. The fraction of sp³-hybridized carbons (Fsp3) is 0.500. The Labute approximate surface area is 131 Å². The number of nitrogens with zero attached hydrogens (tertiary/aromatic N) is 1. The van der Waals surface area contributed by atoms with Gasteiger partial charge < -0.3 is 15.7 Å². The molecule has 0 bridgehead atoms. The zero-order chi connectivity index (χ0) is 15.9. The average molecular weight is 330 g/mol. The van der Waals surface area contributed by atoms with Gasteiger partial charge in [0, 0.05) is 18.7 Å². The maximum absolute atomic E-state index is 12.3. The summed E-state index contributed by atoms with van der Waals surface area (Å²) in [5.74, 6) is 0.00772. The first-order valence-corrected chi connectivity index (χ1v) is 8.92. The van der Waals surface area contributed by atoms with Gasteiger partial charge in [-0.25, -0.2) is 8.42 Å². The molecule has 0 saturated carbocycles. The van der Waals surface area contributed by atoms with Crippen molar-refractivity contribution in [2.75, 3.05) is 32.0 Å². The highest BCUT2D eigenvalue weighted by Gasteiger charge is 2.17. The van der Waals surface area contributed by atoms with Crippen LogP contribution in [0.25, 0.3) is 0 Å². The summed E-state index contributed by atoms with van der Waals surface area (Å²) in [6.45, 7) is 3.69. The van der Waals surface area contributed by atoms with E-state index in [2.05, 4.69) is 0 Å². The molecule has 0 aliphatic heterocycles. The SMILES string of the molecule is CCCN(CCO)CCS(=O)(=O)c1cccc(C(N)=S)c1. The third-order valence-corrected chi connectivity index (χ3v) is 5.04. The predicted molar refractivity (Wildman–Crippen MR) is 88.2 cm³/mol. The number of nitrogens with two attached hydrogens (primary N) is 1. The van der Waals surface area contributed by atoms with Gasteiger partial charge in [0.15, 0.2) is 9.84 Å². The zero-order valence-corrected chi connectivity index (χ0v) is 13.8. The van der Waals surface area contributed by atoms with Crippen LogP contribution in [0.15, 0.2) is 29.2 Å². The lowest BCUT2D eigenvalue weighted by Gasteiger charge is -2.20. The van der Waals surface area contributed by atoms with Gasteiger partial charge in [-0.05, 0) is 25.1 Å². The summed E-state index contributed by atoms with van der Waals surface area (Å²) in [6, 6.07) is 6.39. The molecular weight excluding hydrogens is 308 g/mol. The van der Waals surface area contributed by atoms with Crippen LogP contribution in [0, 0.1) is 0 Å². The van der Waals surface area contributed by atoms with Gasteiger partial charge in [0.2, 0.25) is 0 Å². The molecule has 0 spiro atoms. The fourth-order valence-corrected chi connectivity index (χ4v) is 3.46. The third-order valence-electron chi connectivity index (χ3n) is 3.11. The lowest BCUT2D eigenvalue weighted by molar-refractivity contribution is 0.203. The molecule has 118 valence electrons. The Hall–Kier alpha value is -1.02. The lowest BCUT2D eigenvalue weighted by atomic mass is 10.2. The summed E-state index contributed by atoms with van der Waals surface area (Å²) in [5.41, 5.74) is 6.08. The number of thiocarbonyl (C=S) groups is 1. The molecule has 1 aromatic carbocycles. The minimum Gasteiger partial charge on any atom is -0.395 e. The van der Waals surface area contributed by atoms with Gasteiger partial charge in [0.1, 0.15) is 4.99 Å². The molecule has 3 N–H and O–H groups in total. The van der Waals surface area contributed by atoms with Crippen molar-refractivity contribution in [3.8, 4) is 0 Å². The van der Waals surface area contributed by atoms with E-state index in [1.165, 1.54) is 6.07 Å². The molecular formula is C14H22N2O3S2. The second kappa shape index (κ2) is 8.43. The van der Waals surface area contributed by atoms with E-state index in [4.69, 9.17) is 23.1 Å². The molecule has 0 aliphatic carbocycles. The van der Waals surface area contributed by atoms with Crippen LogP contribution in [0.5, 0.6) is 0 Å². The molecule has 5 nitrogen and oxygen atoms in total. The molecule has 0 amide bonds. The van der Waals surface area contributed by atoms with Crippen molar-refractivity contribution in [3.63, 3.8) is 0 Å². The van der Waals surface area contributed by atoms with Crippen LogP contribution >= 0.6 is 12.2 Å². The molecule has 0 heterocycles. The van der Waals surface area contributed by atoms with E-state index in [1.807, 2.05) is 11.8 Å². The van der Waals surface area contributed by atoms with Crippen molar-refractivity contribution in [1.29, 1.82) is 0 Å². The maximum Gasteiger partial charge on any atom is 0.179 e. The Balaban J connectivity index is 2.81. The summed E-state index contributed by atoms with van der Waals surface area (Å²) in [7, 11) is -3.39. The Bertz CT molecular complexity index is 567. The van der Waals surface area contributed by atoms with E-state index in [0.717, 1.165) is 13.0 Å². The molecule has 0 fully saturated rings. The van der Waals surface area contributed by atoms with Gasteiger partial charge >= 0.3 is 0 Å². The minimum absolute atomic E-state index is 0.00772. The van der Waals surface area contributed by atoms with Crippen molar-refractivity contribution >= 4 is 27.0 Å². The standard InChI is InChI=1S/C14H22N2O3S2/c1-2-6-16(7-9-17)8-10-21(18,19)13-5-3-4-12(11-13)14(15)20/h3-5,11,17H,2,6-10H2,1H3,(H2,15,20). The summed E-state index contributed by atoms with van der Waals surface area (Å²) >= 11 is 4.87. The van der Waals surface area contributed by atoms with Crippen LogP contribution < -0.4 is 5.73 Å². The smallest absolute Gasteiger partial charge is 0.179 e. The Morgan fingerprint density at radius 3 is 2.62 bits per heavy atom. The topological polar surface area (TPSA) is 83.6 Å². The van der Waals surface area contributed by atoms with Gasteiger partial charge in [0.25, 0.3) is 0 Å². The summed E-state index contributed by atoms with van der Waals surface area (Å²) < 4.78 is 24.7. The van der Waals surface area contributed by atoms with Gasteiger partial charge in [-0.2, -0.15) is 0 Å². The fourth-order valence-electron chi connectivity index (χ4n) is 2.00. The van der Waals surface area contributed by atoms with Crippen LogP contribution in [0.3, 0.4) is 0 Å². The van der Waals surface area contributed by atoms with Crippen molar-refractivity contribution in [3.05, 3.63) is 29.8 Å². The van der Waals surface area contributed by atoms with E-state index < -0.39 is 9.84 Å². The first-order valence-electron chi connectivity index (χ1n) is 6.86. The number of aliphatic hydroxyl groups is 1. The molecule has 0 aromatic heterocycles. The third kappa shape index (κ3) is 5.70. The Kier molecular flexibility index (Phi) is 7.24. The van der Waals surface area contributed by atoms with E-state index >= 15 is 0 Å². The average Bonchev–Trinajstić information content (AvgIpc) is 2.45. The van der Waals surface area contributed by atoms with Crippen molar-refractivity contribution < 1.29 is 13.5 Å². The molecule has 1 aromatic rings. The molecule has 0 radical (unpaired) electrons. The quantitative estimate of drug-likeness (QED) is 0.652. The highest BCUT2D eigenvalue weighted by Crippen LogP contribution is 2.14. The highest BCUT2D eigenvalue weighted by molar-refractivity contribution is 7.91.